The Labute approximate surface area is 117 Å². The largest absolute Gasteiger partial charge is 0.317 e. The van der Waals surface area contributed by atoms with Gasteiger partial charge in [-0.05, 0) is 50.0 Å². The lowest BCUT2D eigenvalue weighted by molar-refractivity contribution is -0.129. The van der Waals surface area contributed by atoms with E-state index < -0.39 is 0 Å². The molecular weight excluding hydrogens is 290 g/mol. The second kappa shape index (κ2) is 5.98. The number of Topliss-reactive ketones (excluding diaryl/α,β-unsaturated/α-hetero) is 1. The first-order valence-corrected chi connectivity index (χ1v) is 7.44. The fourth-order valence-electron chi connectivity index (χ4n) is 2.71. The average molecular weight is 310 g/mol. The highest BCUT2D eigenvalue weighted by molar-refractivity contribution is 9.10. The van der Waals surface area contributed by atoms with Crippen LogP contribution in [0.3, 0.4) is 0 Å². The maximum absolute atomic E-state index is 12.6. The van der Waals surface area contributed by atoms with Gasteiger partial charge in [0.1, 0.15) is 5.78 Å². The van der Waals surface area contributed by atoms with Crippen molar-refractivity contribution >= 4 is 21.7 Å². The molecule has 18 heavy (non-hydrogen) atoms. The van der Waals surface area contributed by atoms with Gasteiger partial charge >= 0.3 is 0 Å². The summed E-state index contributed by atoms with van der Waals surface area (Å²) in [5.41, 5.74) is 1.03. The topological polar surface area (TPSA) is 29.1 Å². The van der Waals surface area contributed by atoms with Gasteiger partial charge in [-0.25, -0.2) is 0 Å². The van der Waals surface area contributed by atoms with Crippen LogP contribution in [0.2, 0.25) is 0 Å². The lowest BCUT2D eigenvalue weighted by Crippen LogP contribution is -2.42. The number of carbonyl (C=O) groups excluding carboxylic acids is 1. The molecular formula is C15H20BrNO. The Bertz CT molecular complexity index is 407. The van der Waals surface area contributed by atoms with Crippen molar-refractivity contribution in [2.75, 3.05) is 13.1 Å². The molecule has 0 atom stereocenters. The summed E-state index contributed by atoms with van der Waals surface area (Å²) < 4.78 is 1.06. The predicted molar refractivity (Wildman–Crippen MR) is 77.7 cm³/mol. The van der Waals surface area contributed by atoms with Gasteiger partial charge in [0, 0.05) is 16.3 Å². The van der Waals surface area contributed by atoms with E-state index in [0.717, 1.165) is 42.4 Å². The molecule has 2 nitrogen and oxygen atoms in total. The molecule has 0 radical (unpaired) electrons. The van der Waals surface area contributed by atoms with Crippen molar-refractivity contribution < 1.29 is 4.79 Å². The molecule has 1 aromatic carbocycles. The second-order valence-corrected chi connectivity index (χ2v) is 6.03. The van der Waals surface area contributed by atoms with Crippen LogP contribution in [0.4, 0.5) is 0 Å². The molecule has 0 aliphatic carbocycles. The van der Waals surface area contributed by atoms with Gasteiger partial charge in [-0.1, -0.05) is 35.0 Å². The summed E-state index contributed by atoms with van der Waals surface area (Å²) in [4.78, 5) is 12.6. The molecule has 0 spiro atoms. The molecule has 3 heteroatoms. The van der Waals surface area contributed by atoms with Crippen molar-refractivity contribution in [3.8, 4) is 0 Å². The average Bonchev–Trinajstić information content (AvgIpc) is 2.42. The highest BCUT2D eigenvalue weighted by atomic mass is 79.9. The third kappa shape index (κ3) is 3.01. The van der Waals surface area contributed by atoms with Gasteiger partial charge in [0.2, 0.25) is 0 Å². The second-order valence-electron chi connectivity index (χ2n) is 5.11. The van der Waals surface area contributed by atoms with E-state index in [0.29, 0.717) is 12.2 Å². The van der Waals surface area contributed by atoms with Crippen LogP contribution in [-0.2, 0) is 11.2 Å². The Morgan fingerprint density at radius 3 is 2.44 bits per heavy atom. The van der Waals surface area contributed by atoms with Gasteiger partial charge in [0.15, 0.2) is 0 Å². The number of hydrogen-bond acceptors (Lipinski definition) is 2. The monoisotopic (exact) mass is 309 g/mol. The van der Waals surface area contributed by atoms with E-state index in [1.165, 1.54) is 0 Å². The maximum Gasteiger partial charge on any atom is 0.143 e. The van der Waals surface area contributed by atoms with Crippen LogP contribution in [0.1, 0.15) is 31.7 Å². The smallest absolute Gasteiger partial charge is 0.143 e. The molecule has 1 aliphatic rings. The summed E-state index contributed by atoms with van der Waals surface area (Å²) in [6, 6.07) is 8.08. The van der Waals surface area contributed by atoms with Crippen molar-refractivity contribution in [3.63, 3.8) is 0 Å². The van der Waals surface area contributed by atoms with Gasteiger partial charge in [-0.3, -0.25) is 4.79 Å². The summed E-state index contributed by atoms with van der Waals surface area (Å²) in [6.07, 6.45) is 3.50. The van der Waals surface area contributed by atoms with Gasteiger partial charge < -0.3 is 5.32 Å². The number of rotatable bonds is 4. The fraction of sp³-hybridized carbons (Fsp3) is 0.533. The normalized spacial score (nSPS) is 18.6. The number of ketones is 1. The third-order valence-corrected chi connectivity index (χ3v) is 4.64. The third-order valence-electron chi connectivity index (χ3n) is 4.11. The molecule has 1 saturated heterocycles. The predicted octanol–water partition coefficient (Wildman–Crippen LogP) is 3.34. The molecule has 1 heterocycles. The van der Waals surface area contributed by atoms with Crippen LogP contribution in [0, 0.1) is 5.41 Å². The number of benzene rings is 1. The standard InChI is InChI=1S/C15H20BrNO/c1-2-15(7-9-17-10-8-15)14(18)11-12-3-5-13(16)6-4-12/h3-6,17H,2,7-11H2,1H3. The highest BCUT2D eigenvalue weighted by Gasteiger charge is 2.36. The van der Waals surface area contributed by atoms with Crippen molar-refractivity contribution in [2.45, 2.75) is 32.6 Å². The van der Waals surface area contributed by atoms with Gasteiger partial charge in [0.05, 0.1) is 0 Å². The number of hydrogen-bond donors (Lipinski definition) is 1. The summed E-state index contributed by atoms with van der Waals surface area (Å²) >= 11 is 3.42. The zero-order valence-corrected chi connectivity index (χ0v) is 12.4. The Morgan fingerprint density at radius 1 is 1.28 bits per heavy atom. The van der Waals surface area contributed by atoms with Gasteiger partial charge in [-0.15, -0.1) is 0 Å². The van der Waals surface area contributed by atoms with E-state index in [1.54, 1.807) is 0 Å². The molecule has 0 bridgehead atoms. The fourth-order valence-corrected chi connectivity index (χ4v) is 2.97. The molecule has 1 aliphatic heterocycles. The number of nitrogens with one attached hydrogen (secondary N) is 1. The summed E-state index contributed by atoms with van der Waals surface area (Å²) in [5.74, 6) is 0.411. The van der Waals surface area contributed by atoms with Gasteiger partial charge in [0.25, 0.3) is 0 Å². The molecule has 0 aromatic heterocycles. The van der Waals surface area contributed by atoms with Gasteiger partial charge in [-0.2, -0.15) is 0 Å². The lowest BCUT2D eigenvalue weighted by atomic mass is 9.72. The Balaban J connectivity index is 2.07. The molecule has 2 rings (SSSR count). The van der Waals surface area contributed by atoms with Crippen molar-refractivity contribution in [1.82, 2.24) is 5.32 Å². The van der Waals surface area contributed by atoms with Crippen molar-refractivity contribution in [3.05, 3.63) is 34.3 Å². The van der Waals surface area contributed by atoms with E-state index in [-0.39, 0.29) is 5.41 Å². The SMILES string of the molecule is CCC1(C(=O)Cc2ccc(Br)cc2)CCNCC1. The van der Waals surface area contributed by atoms with Crippen LogP contribution in [-0.4, -0.2) is 18.9 Å². The minimum absolute atomic E-state index is 0.0850. The summed E-state index contributed by atoms with van der Waals surface area (Å²) in [5, 5.41) is 3.34. The zero-order chi connectivity index (χ0) is 13.0. The molecule has 98 valence electrons. The van der Waals surface area contributed by atoms with E-state index in [2.05, 4.69) is 28.2 Å². The van der Waals surface area contributed by atoms with Crippen LogP contribution in [0.15, 0.2) is 28.7 Å². The van der Waals surface area contributed by atoms with Crippen LogP contribution >= 0.6 is 15.9 Å². The first kappa shape index (κ1) is 13.8. The minimum atomic E-state index is -0.0850. The molecule has 1 fully saturated rings. The van der Waals surface area contributed by atoms with E-state index in [4.69, 9.17) is 0 Å². The van der Waals surface area contributed by atoms with Crippen LogP contribution in [0.5, 0.6) is 0 Å². The summed E-state index contributed by atoms with van der Waals surface area (Å²) in [7, 11) is 0. The van der Waals surface area contributed by atoms with E-state index >= 15 is 0 Å². The quantitative estimate of drug-likeness (QED) is 0.924. The first-order chi connectivity index (χ1) is 8.66. The van der Waals surface area contributed by atoms with Crippen LogP contribution in [0.25, 0.3) is 0 Å². The number of piperidine rings is 1. The first-order valence-electron chi connectivity index (χ1n) is 6.65. The maximum atomic E-state index is 12.6. The Kier molecular flexibility index (Phi) is 4.57. The van der Waals surface area contributed by atoms with Crippen LogP contribution < -0.4 is 5.32 Å². The Morgan fingerprint density at radius 2 is 1.89 bits per heavy atom. The number of carbonyl (C=O) groups is 1. The molecule has 1 aromatic rings. The van der Waals surface area contributed by atoms with E-state index in [1.807, 2.05) is 24.3 Å². The van der Waals surface area contributed by atoms with E-state index in [9.17, 15) is 4.79 Å². The Hall–Kier alpha value is -0.670. The number of halogens is 1. The molecule has 0 amide bonds. The lowest BCUT2D eigenvalue weighted by Gasteiger charge is -2.35. The molecule has 1 N–H and O–H groups in total. The van der Waals surface area contributed by atoms with Crippen molar-refractivity contribution in [2.24, 2.45) is 5.41 Å². The zero-order valence-electron chi connectivity index (χ0n) is 10.8. The highest BCUT2D eigenvalue weighted by Crippen LogP contribution is 2.34. The van der Waals surface area contributed by atoms with Crippen molar-refractivity contribution in [1.29, 1.82) is 0 Å². The summed E-state index contributed by atoms with van der Waals surface area (Å²) in [6.45, 7) is 4.09. The molecule has 0 saturated carbocycles. The molecule has 0 unspecified atom stereocenters. The minimum Gasteiger partial charge on any atom is -0.317 e.